The number of hydrogen-bond acceptors (Lipinski definition) is 4. The Morgan fingerprint density at radius 1 is 1.05 bits per heavy atom. The Bertz CT molecular complexity index is 653. The van der Waals surface area contributed by atoms with Crippen molar-refractivity contribution in [3.8, 4) is 11.5 Å². The molecule has 0 bridgehead atoms. The predicted octanol–water partition coefficient (Wildman–Crippen LogP) is 2.77. The first-order valence-electron chi connectivity index (χ1n) is 6.71. The maximum absolute atomic E-state index is 11.9. The van der Waals surface area contributed by atoms with Gasteiger partial charge in [0.15, 0.2) is 11.5 Å². The molecule has 0 unspecified atom stereocenters. The monoisotopic (exact) mass is 284 g/mol. The van der Waals surface area contributed by atoms with Crippen LogP contribution >= 0.6 is 0 Å². The van der Waals surface area contributed by atoms with Gasteiger partial charge in [0, 0.05) is 17.4 Å². The van der Waals surface area contributed by atoms with Gasteiger partial charge in [-0.05, 0) is 31.2 Å². The summed E-state index contributed by atoms with van der Waals surface area (Å²) in [6.45, 7) is 2.45. The summed E-state index contributed by atoms with van der Waals surface area (Å²) in [5.41, 5.74) is 2.79. The molecular weight excluding hydrogens is 268 g/mol. The lowest BCUT2D eigenvalue weighted by Gasteiger charge is -2.08. The molecule has 0 aliphatic carbocycles. The highest BCUT2D eigenvalue weighted by atomic mass is 16.7. The molecule has 5 heteroatoms. The van der Waals surface area contributed by atoms with Crippen LogP contribution in [0.25, 0.3) is 0 Å². The van der Waals surface area contributed by atoms with Gasteiger partial charge in [-0.1, -0.05) is 17.7 Å². The van der Waals surface area contributed by atoms with E-state index in [1.165, 1.54) is 5.56 Å². The number of aryl methyl sites for hydroxylation is 1. The van der Waals surface area contributed by atoms with Gasteiger partial charge in [0.2, 0.25) is 12.7 Å². The van der Waals surface area contributed by atoms with E-state index in [1.54, 1.807) is 18.2 Å². The molecule has 0 saturated heterocycles. The maximum Gasteiger partial charge on any atom is 0.243 e. The van der Waals surface area contributed by atoms with Crippen LogP contribution in [0.4, 0.5) is 11.4 Å². The van der Waals surface area contributed by atoms with Gasteiger partial charge < -0.3 is 20.1 Å². The molecule has 0 radical (unpaired) electrons. The summed E-state index contributed by atoms with van der Waals surface area (Å²) < 4.78 is 10.5. The average molecular weight is 284 g/mol. The van der Waals surface area contributed by atoms with Crippen LogP contribution in [0.3, 0.4) is 0 Å². The minimum Gasteiger partial charge on any atom is -0.454 e. The number of amides is 1. The van der Waals surface area contributed by atoms with Crippen molar-refractivity contribution in [3.63, 3.8) is 0 Å². The third-order valence-electron chi connectivity index (χ3n) is 3.16. The predicted molar refractivity (Wildman–Crippen MR) is 80.9 cm³/mol. The van der Waals surface area contributed by atoms with E-state index in [1.807, 2.05) is 31.2 Å². The molecule has 2 aromatic carbocycles. The maximum atomic E-state index is 11.9. The minimum absolute atomic E-state index is 0.116. The highest BCUT2D eigenvalue weighted by molar-refractivity contribution is 5.94. The molecule has 1 amide bonds. The summed E-state index contributed by atoms with van der Waals surface area (Å²) in [4.78, 5) is 11.9. The molecule has 0 fully saturated rings. The standard InChI is InChI=1S/C16H16N2O3/c1-11-2-4-12(5-3-11)17-9-16(19)18-13-6-7-14-15(8-13)21-10-20-14/h2-8,17H,9-10H2,1H3,(H,18,19). The van der Waals surface area contributed by atoms with Crippen LogP contribution < -0.4 is 20.1 Å². The van der Waals surface area contributed by atoms with Crippen LogP contribution in [0.2, 0.25) is 0 Å². The summed E-state index contributed by atoms with van der Waals surface area (Å²) in [5.74, 6) is 1.24. The van der Waals surface area contributed by atoms with Crippen molar-refractivity contribution in [1.29, 1.82) is 0 Å². The first-order valence-corrected chi connectivity index (χ1v) is 6.71. The van der Waals surface area contributed by atoms with Gasteiger partial charge in [0.05, 0.1) is 6.54 Å². The smallest absolute Gasteiger partial charge is 0.243 e. The van der Waals surface area contributed by atoms with Gasteiger partial charge in [-0.25, -0.2) is 0 Å². The number of ether oxygens (including phenoxy) is 2. The van der Waals surface area contributed by atoms with E-state index in [-0.39, 0.29) is 19.2 Å². The van der Waals surface area contributed by atoms with E-state index in [9.17, 15) is 4.79 Å². The molecule has 2 aromatic rings. The molecule has 21 heavy (non-hydrogen) atoms. The van der Waals surface area contributed by atoms with E-state index in [0.29, 0.717) is 17.2 Å². The van der Waals surface area contributed by atoms with Crippen LogP contribution in [0.15, 0.2) is 42.5 Å². The Balaban J connectivity index is 1.55. The molecular formula is C16H16N2O3. The quantitative estimate of drug-likeness (QED) is 0.906. The summed E-state index contributed by atoms with van der Waals surface area (Å²) in [6.07, 6.45) is 0. The van der Waals surface area contributed by atoms with Crippen molar-refractivity contribution in [2.75, 3.05) is 24.0 Å². The van der Waals surface area contributed by atoms with Gasteiger partial charge in [-0.2, -0.15) is 0 Å². The highest BCUT2D eigenvalue weighted by Crippen LogP contribution is 2.34. The van der Waals surface area contributed by atoms with Gasteiger partial charge in [-0.3, -0.25) is 4.79 Å². The van der Waals surface area contributed by atoms with E-state index < -0.39 is 0 Å². The zero-order valence-corrected chi connectivity index (χ0v) is 11.7. The summed E-state index contributed by atoms with van der Waals surface area (Å²) in [6, 6.07) is 13.2. The number of fused-ring (bicyclic) bond motifs is 1. The molecule has 1 heterocycles. The van der Waals surface area contributed by atoms with Crippen molar-refractivity contribution in [3.05, 3.63) is 48.0 Å². The fourth-order valence-electron chi connectivity index (χ4n) is 2.03. The topological polar surface area (TPSA) is 59.6 Å². The Hall–Kier alpha value is -2.69. The first-order chi connectivity index (χ1) is 10.2. The molecule has 0 saturated carbocycles. The normalized spacial score (nSPS) is 12.0. The second-order valence-electron chi connectivity index (χ2n) is 4.84. The fourth-order valence-corrected chi connectivity index (χ4v) is 2.03. The van der Waals surface area contributed by atoms with Crippen molar-refractivity contribution >= 4 is 17.3 Å². The van der Waals surface area contributed by atoms with E-state index >= 15 is 0 Å². The zero-order chi connectivity index (χ0) is 14.7. The number of benzene rings is 2. The molecule has 1 aliphatic heterocycles. The molecule has 1 aliphatic rings. The summed E-state index contributed by atoms with van der Waals surface area (Å²) >= 11 is 0. The number of carbonyl (C=O) groups excluding carboxylic acids is 1. The van der Waals surface area contributed by atoms with Crippen LogP contribution in [-0.2, 0) is 4.79 Å². The number of rotatable bonds is 4. The van der Waals surface area contributed by atoms with E-state index in [2.05, 4.69) is 10.6 Å². The molecule has 0 atom stereocenters. The SMILES string of the molecule is Cc1ccc(NCC(=O)Nc2ccc3c(c2)OCO3)cc1. The zero-order valence-electron chi connectivity index (χ0n) is 11.7. The molecule has 3 rings (SSSR count). The number of carbonyl (C=O) groups is 1. The lowest BCUT2D eigenvalue weighted by molar-refractivity contribution is -0.114. The average Bonchev–Trinajstić information content (AvgIpc) is 2.94. The second-order valence-corrected chi connectivity index (χ2v) is 4.84. The largest absolute Gasteiger partial charge is 0.454 e. The van der Waals surface area contributed by atoms with Gasteiger partial charge in [-0.15, -0.1) is 0 Å². The number of anilines is 2. The number of hydrogen-bond donors (Lipinski definition) is 2. The lowest BCUT2D eigenvalue weighted by atomic mass is 10.2. The fraction of sp³-hybridized carbons (Fsp3) is 0.188. The highest BCUT2D eigenvalue weighted by Gasteiger charge is 2.13. The molecule has 0 spiro atoms. The summed E-state index contributed by atoms with van der Waals surface area (Å²) in [5, 5.41) is 5.89. The third kappa shape index (κ3) is 3.25. The lowest BCUT2D eigenvalue weighted by Crippen LogP contribution is -2.21. The Morgan fingerprint density at radius 3 is 2.57 bits per heavy atom. The van der Waals surface area contributed by atoms with Crippen molar-refractivity contribution in [1.82, 2.24) is 0 Å². The third-order valence-corrected chi connectivity index (χ3v) is 3.16. The molecule has 2 N–H and O–H groups in total. The minimum atomic E-state index is -0.116. The van der Waals surface area contributed by atoms with Gasteiger partial charge in [0.25, 0.3) is 0 Å². The Morgan fingerprint density at radius 2 is 1.76 bits per heavy atom. The van der Waals surface area contributed by atoms with Gasteiger partial charge >= 0.3 is 0 Å². The van der Waals surface area contributed by atoms with E-state index in [0.717, 1.165) is 5.69 Å². The van der Waals surface area contributed by atoms with Crippen molar-refractivity contribution in [2.45, 2.75) is 6.92 Å². The number of nitrogens with one attached hydrogen (secondary N) is 2. The molecule has 108 valence electrons. The van der Waals surface area contributed by atoms with E-state index in [4.69, 9.17) is 9.47 Å². The van der Waals surface area contributed by atoms with Crippen LogP contribution in [0.5, 0.6) is 11.5 Å². The molecule has 0 aromatic heterocycles. The van der Waals surface area contributed by atoms with Crippen molar-refractivity contribution < 1.29 is 14.3 Å². The van der Waals surface area contributed by atoms with Crippen LogP contribution in [0.1, 0.15) is 5.56 Å². The summed E-state index contributed by atoms with van der Waals surface area (Å²) in [7, 11) is 0. The van der Waals surface area contributed by atoms with Crippen LogP contribution in [-0.4, -0.2) is 19.2 Å². The van der Waals surface area contributed by atoms with Crippen LogP contribution in [0, 0.1) is 6.92 Å². The Labute approximate surface area is 122 Å². The second kappa shape index (κ2) is 5.75. The molecule has 5 nitrogen and oxygen atoms in total. The van der Waals surface area contributed by atoms with Crippen molar-refractivity contribution in [2.24, 2.45) is 0 Å². The van der Waals surface area contributed by atoms with Gasteiger partial charge in [0.1, 0.15) is 0 Å². The Kier molecular flexibility index (Phi) is 3.64. The first kappa shape index (κ1) is 13.3.